The SMILES string of the molecule is O=C(CSc1nc2c(sc(=S)n2-c2ccccc2)c(=O)[nH]1)NCc1ccccc1. The van der Waals surface area contributed by atoms with E-state index in [0.717, 1.165) is 11.3 Å². The molecule has 0 aliphatic heterocycles. The van der Waals surface area contributed by atoms with E-state index >= 15 is 0 Å². The van der Waals surface area contributed by atoms with Gasteiger partial charge >= 0.3 is 0 Å². The number of benzene rings is 2. The molecule has 9 heteroatoms. The zero-order valence-corrected chi connectivity index (χ0v) is 17.6. The Bertz CT molecular complexity index is 1260. The maximum Gasteiger partial charge on any atom is 0.271 e. The van der Waals surface area contributed by atoms with Gasteiger partial charge < -0.3 is 10.3 Å². The summed E-state index contributed by atoms with van der Waals surface area (Å²) in [5.41, 5.74) is 2.12. The molecule has 2 heterocycles. The van der Waals surface area contributed by atoms with Crippen molar-refractivity contribution in [1.29, 1.82) is 0 Å². The van der Waals surface area contributed by atoms with E-state index in [4.69, 9.17) is 12.2 Å². The monoisotopic (exact) mass is 440 g/mol. The van der Waals surface area contributed by atoms with E-state index in [9.17, 15) is 9.59 Å². The molecule has 29 heavy (non-hydrogen) atoms. The number of rotatable bonds is 6. The van der Waals surface area contributed by atoms with Crippen LogP contribution in [-0.2, 0) is 11.3 Å². The Morgan fingerprint density at radius 3 is 2.55 bits per heavy atom. The molecule has 0 bridgehead atoms. The standard InChI is InChI=1S/C20H16N4O2S3/c25-15(21-11-13-7-3-1-4-8-13)12-28-19-22-17-16(18(26)23-19)29-20(27)24(17)14-9-5-2-6-10-14/h1-10H,11-12H2,(H,21,25)(H,22,23,26). The van der Waals surface area contributed by atoms with Crippen molar-refractivity contribution in [1.82, 2.24) is 19.9 Å². The summed E-state index contributed by atoms with van der Waals surface area (Å²) in [6, 6.07) is 19.2. The summed E-state index contributed by atoms with van der Waals surface area (Å²) in [7, 11) is 0. The Balaban J connectivity index is 1.53. The number of hydrogen-bond donors (Lipinski definition) is 2. The van der Waals surface area contributed by atoms with Crippen molar-refractivity contribution in [2.24, 2.45) is 0 Å². The molecule has 2 aromatic heterocycles. The van der Waals surface area contributed by atoms with Crippen LogP contribution >= 0.6 is 35.3 Å². The summed E-state index contributed by atoms with van der Waals surface area (Å²) in [6.45, 7) is 0.459. The van der Waals surface area contributed by atoms with E-state index in [1.807, 2.05) is 60.7 Å². The van der Waals surface area contributed by atoms with Crippen molar-refractivity contribution in [2.75, 3.05) is 5.75 Å². The highest BCUT2D eigenvalue weighted by Crippen LogP contribution is 2.24. The van der Waals surface area contributed by atoms with Gasteiger partial charge in [0.05, 0.1) is 5.75 Å². The Hall–Kier alpha value is -2.75. The molecule has 0 saturated heterocycles. The maximum atomic E-state index is 12.5. The average Bonchev–Trinajstić information content (AvgIpc) is 3.08. The van der Waals surface area contributed by atoms with Crippen LogP contribution in [0.3, 0.4) is 0 Å². The summed E-state index contributed by atoms with van der Waals surface area (Å²) in [5, 5.41) is 3.25. The molecule has 0 fully saturated rings. The number of nitrogens with zero attached hydrogens (tertiary/aromatic N) is 2. The number of fused-ring (bicyclic) bond motifs is 1. The van der Waals surface area contributed by atoms with Crippen LogP contribution < -0.4 is 10.9 Å². The second-order valence-electron chi connectivity index (χ2n) is 6.11. The number of hydrogen-bond acceptors (Lipinski definition) is 6. The maximum absolute atomic E-state index is 12.5. The molecule has 4 aromatic rings. The number of carbonyl (C=O) groups excluding carboxylic acids is 1. The number of aromatic nitrogens is 3. The van der Waals surface area contributed by atoms with Gasteiger partial charge in [0.25, 0.3) is 5.56 Å². The van der Waals surface area contributed by atoms with Gasteiger partial charge in [0.15, 0.2) is 14.8 Å². The summed E-state index contributed by atoms with van der Waals surface area (Å²) in [6.07, 6.45) is 0. The van der Waals surface area contributed by atoms with Crippen molar-refractivity contribution in [3.8, 4) is 5.69 Å². The van der Waals surface area contributed by atoms with Gasteiger partial charge in [-0.2, -0.15) is 0 Å². The van der Waals surface area contributed by atoms with E-state index in [-0.39, 0.29) is 17.2 Å². The van der Waals surface area contributed by atoms with E-state index in [2.05, 4.69) is 15.3 Å². The lowest BCUT2D eigenvalue weighted by molar-refractivity contribution is -0.118. The van der Waals surface area contributed by atoms with Crippen LogP contribution in [0.5, 0.6) is 0 Å². The smallest absolute Gasteiger partial charge is 0.271 e. The second-order valence-corrected chi connectivity index (χ2v) is 8.72. The molecular weight excluding hydrogens is 424 g/mol. The fourth-order valence-electron chi connectivity index (χ4n) is 2.75. The summed E-state index contributed by atoms with van der Waals surface area (Å²) in [5.74, 6) is 0.0177. The zero-order valence-electron chi connectivity index (χ0n) is 15.1. The molecule has 0 spiro atoms. The van der Waals surface area contributed by atoms with Gasteiger partial charge in [-0.15, -0.1) is 0 Å². The molecule has 6 nitrogen and oxygen atoms in total. The minimum absolute atomic E-state index is 0.133. The van der Waals surface area contributed by atoms with Crippen LogP contribution in [0, 0.1) is 3.95 Å². The third kappa shape index (κ3) is 4.47. The third-order valence-corrected chi connectivity index (χ3v) is 6.34. The van der Waals surface area contributed by atoms with Crippen molar-refractivity contribution in [3.63, 3.8) is 0 Å². The highest BCUT2D eigenvalue weighted by atomic mass is 32.2. The first-order valence-corrected chi connectivity index (χ1v) is 11.0. The fourth-order valence-corrected chi connectivity index (χ4v) is 4.71. The van der Waals surface area contributed by atoms with E-state index in [1.165, 1.54) is 23.1 Å². The highest BCUT2D eigenvalue weighted by molar-refractivity contribution is 7.99. The molecule has 0 saturated carbocycles. The van der Waals surface area contributed by atoms with Gasteiger partial charge in [-0.05, 0) is 29.9 Å². The highest BCUT2D eigenvalue weighted by Gasteiger charge is 2.14. The lowest BCUT2D eigenvalue weighted by Crippen LogP contribution is -2.24. The molecular formula is C20H16N4O2S3. The normalized spacial score (nSPS) is 10.9. The van der Waals surface area contributed by atoms with Crippen LogP contribution in [0.15, 0.2) is 70.6 Å². The molecule has 4 rings (SSSR count). The van der Waals surface area contributed by atoms with Crippen molar-refractivity contribution >= 4 is 51.6 Å². The summed E-state index contributed by atoms with van der Waals surface area (Å²) >= 11 is 7.85. The first-order valence-electron chi connectivity index (χ1n) is 8.76. The summed E-state index contributed by atoms with van der Waals surface area (Å²) in [4.78, 5) is 31.9. The molecule has 0 aliphatic rings. The predicted molar refractivity (Wildman–Crippen MR) is 119 cm³/mol. The van der Waals surface area contributed by atoms with Gasteiger partial charge in [0, 0.05) is 12.2 Å². The Morgan fingerprint density at radius 1 is 1.14 bits per heavy atom. The number of nitrogens with one attached hydrogen (secondary N) is 2. The van der Waals surface area contributed by atoms with E-state index < -0.39 is 0 Å². The Morgan fingerprint density at radius 2 is 1.83 bits per heavy atom. The fraction of sp³-hybridized carbons (Fsp3) is 0.100. The van der Waals surface area contributed by atoms with Gasteiger partial charge in [0.2, 0.25) is 5.91 Å². The topological polar surface area (TPSA) is 79.8 Å². The number of thioether (sulfide) groups is 1. The minimum Gasteiger partial charge on any atom is -0.351 e. The minimum atomic E-state index is -0.257. The first-order chi connectivity index (χ1) is 14.1. The number of thiazole rings is 1. The van der Waals surface area contributed by atoms with Crippen LogP contribution in [0.2, 0.25) is 0 Å². The number of aromatic amines is 1. The van der Waals surface area contributed by atoms with Gasteiger partial charge in [-0.25, -0.2) is 4.98 Å². The van der Waals surface area contributed by atoms with Crippen LogP contribution in [0.1, 0.15) is 5.56 Å². The molecule has 0 atom stereocenters. The quantitative estimate of drug-likeness (QED) is 0.270. The van der Waals surface area contributed by atoms with Gasteiger partial charge in [0.1, 0.15) is 4.70 Å². The van der Waals surface area contributed by atoms with Gasteiger partial charge in [-0.1, -0.05) is 71.6 Å². The Labute approximate surface area is 179 Å². The Kier molecular flexibility index (Phi) is 5.89. The number of amides is 1. The first kappa shape index (κ1) is 19.6. The second kappa shape index (κ2) is 8.73. The predicted octanol–water partition coefficient (Wildman–Crippen LogP) is 3.91. The molecule has 146 valence electrons. The number of carbonyl (C=O) groups is 1. The van der Waals surface area contributed by atoms with E-state index in [1.54, 1.807) is 4.57 Å². The van der Waals surface area contributed by atoms with Gasteiger partial charge in [-0.3, -0.25) is 14.2 Å². The summed E-state index contributed by atoms with van der Waals surface area (Å²) < 4.78 is 2.80. The van der Waals surface area contributed by atoms with Crippen molar-refractivity contribution in [3.05, 3.63) is 80.5 Å². The van der Waals surface area contributed by atoms with Crippen LogP contribution in [-0.4, -0.2) is 26.2 Å². The largest absolute Gasteiger partial charge is 0.351 e. The van der Waals surface area contributed by atoms with E-state index in [0.29, 0.717) is 26.0 Å². The van der Waals surface area contributed by atoms with Crippen molar-refractivity contribution in [2.45, 2.75) is 11.7 Å². The molecule has 0 radical (unpaired) electrons. The van der Waals surface area contributed by atoms with Crippen LogP contribution in [0.4, 0.5) is 0 Å². The third-order valence-electron chi connectivity index (χ3n) is 4.11. The van der Waals surface area contributed by atoms with Crippen LogP contribution in [0.25, 0.3) is 16.0 Å². The number of para-hydroxylation sites is 1. The molecule has 2 N–H and O–H groups in total. The zero-order chi connectivity index (χ0) is 20.2. The molecule has 1 amide bonds. The molecule has 2 aromatic carbocycles. The number of H-pyrrole nitrogens is 1. The lowest BCUT2D eigenvalue weighted by atomic mass is 10.2. The lowest BCUT2D eigenvalue weighted by Gasteiger charge is -2.06. The average molecular weight is 441 g/mol. The van der Waals surface area contributed by atoms with Crippen molar-refractivity contribution < 1.29 is 4.79 Å². The molecule has 0 aliphatic carbocycles. The molecule has 0 unspecified atom stereocenters.